The number of aliphatic hydroxyl groups excluding tert-OH is 1. The molecule has 4 aliphatic rings. The first-order valence-electron chi connectivity index (χ1n) is 12.9. The average Bonchev–Trinajstić information content (AvgIpc) is 3.37. The van der Waals surface area contributed by atoms with Crippen molar-refractivity contribution in [2.45, 2.75) is 54.6 Å². The van der Waals surface area contributed by atoms with Crippen LogP contribution in [0.15, 0.2) is 18.2 Å². The summed E-state index contributed by atoms with van der Waals surface area (Å²) in [6, 6.07) is 3.23. The smallest absolute Gasteiger partial charge is 0.235 e. The van der Waals surface area contributed by atoms with Crippen molar-refractivity contribution >= 4 is 40.8 Å². The van der Waals surface area contributed by atoms with Crippen molar-refractivity contribution in [3.8, 4) is 5.75 Å². The van der Waals surface area contributed by atoms with E-state index in [9.17, 15) is 39.3 Å². The van der Waals surface area contributed by atoms with Gasteiger partial charge in [0.05, 0.1) is 29.5 Å². The van der Waals surface area contributed by atoms with Gasteiger partial charge < -0.3 is 21.1 Å². The number of thioether (sulfide) groups is 1. The molecule has 5 N–H and O–H groups in total. The number of likely N-dealkylation sites (N-methyl/N-ethyl adjacent to an activating group) is 1. The summed E-state index contributed by atoms with van der Waals surface area (Å²) in [6.07, 6.45) is 2.65. The number of aliphatic hydroxyl groups is 2. The highest BCUT2D eigenvalue weighted by Gasteiger charge is 2.73. The fourth-order valence-corrected chi connectivity index (χ4v) is 8.81. The fraction of sp³-hybridized carbons (Fsp3) is 0.593. The number of phenols is 1. The van der Waals surface area contributed by atoms with Crippen LogP contribution in [0.1, 0.15) is 47.5 Å². The zero-order chi connectivity index (χ0) is 27.7. The fourth-order valence-electron chi connectivity index (χ4n) is 7.26. The molecule has 0 aromatic heterocycles. The molecule has 10 nitrogen and oxygen atoms in total. The van der Waals surface area contributed by atoms with Crippen molar-refractivity contribution in [3.63, 3.8) is 0 Å². The number of amides is 1. The second-order valence-electron chi connectivity index (χ2n) is 11.2. The predicted octanol–water partition coefficient (Wildman–Crippen LogP) is 0.0547. The number of primary amides is 1. The van der Waals surface area contributed by atoms with Crippen molar-refractivity contribution in [1.82, 2.24) is 4.90 Å². The standard InChI is InChI=1S/C27H32N2O8S/c1-29(2)20-19-22(32)16-13(10-38-11-6-3-4-7-11)12-8-5-9-14(30)15(12)21(31)17(16)24(34)27(19,37)25(35)18(23(20)33)26(28)36/h5,8-9,11,13,16-20,22,30,32,37H,3-4,6-7,10H2,1-2H3,(H2,28,36)/t13?,16-,17?,18?,19-,20+,22+,27+/m1/s1. The molecule has 0 saturated heterocycles. The quantitative estimate of drug-likeness (QED) is 0.371. The predicted molar refractivity (Wildman–Crippen MR) is 136 cm³/mol. The van der Waals surface area contributed by atoms with Gasteiger partial charge in [-0.3, -0.25) is 28.9 Å². The number of hydrogen-bond acceptors (Lipinski definition) is 10. The Balaban J connectivity index is 1.67. The zero-order valence-corrected chi connectivity index (χ0v) is 22.0. The monoisotopic (exact) mass is 544 g/mol. The van der Waals surface area contributed by atoms with Crippen molar-refractivity contribution in [3.05, 3.63) is 29.3 Å². The maximum Gasteiger partial charge on any atom is 0.235 e. The molecule has 8 atom stereocenters. The van der Waals surface area contributed by atoms with Crippen LogP contribution in [0.5, 0.6) is 5.75 Å². The van der Waals surface area contributed by atoms with Gasteiger partial charge in [-0.2, -0.15) is 11.8 Å². The third-order valence-corrected chi connectivity index (χ3v) is 10.5. The lowest BCUT2D eigenvalue weighted by atomic mass is 9.49. The lowest BCUT2D eigenvalue weighted by molar-refractivity contribution is -0.196. The van der Waals surface area contributed by atoms with E-state index < -0.39 is 76.4 Å². The van der Waals surface area contributed by atoms with E-state index in [4.69, 9.17) is 5.73 Å². The summed E-state index contributed by atoms with van der Waals surface area (Å²) in [5, 5.41) is 34.6. The topological polar surface area (TPSA) is 175 Å². The van der Waals surface area contributed by atoms with Crippen molar-refractivity contribution in [2.75, 3.05) is 19.8 Å². The number of carbonyl (C=O) groups is 5. The summed E-state index contributed by atoms with van der Waals surface area (Å²) >= 11 is 1.68. The Hall–Kier alpha value is -2.60. The number of carbonyl (C=O) groups excluding carboxylic acids is 5. The maximum atomic E-state index is 14.1. The lowest BCUT2D eigenvalue weighted by Crippen LogP contribution is -2.77. The number of fused-ring (bicyclic) bond motifs is 3. The number of benzene rings is 1. The molecule has 5 rings (SSSR count). The molecule has 0 heterocycles. The minimum absolute atomic E-state index is 0.0664. The van der Waals surface area contributed by atoms with Gasteiger partial charge in [0, 0.05) is 22.8 Å². The number of phenolic OH excluding ortho intramolecular Hbond substituents is 1. The number of aromatic hydroxyl groups is 1. The molecule has 4 aliphatic carbocycles. The van der Waals surface area contributed by atoms with Crippen LogP contribution in [-0.2, 0) is 19.2 Å². The highest BCUT2D eigenvalue weighted by Crippen LogP contribution is 2.55. The first-order valence-corrected chi connectivity index (χ1v) is 13.9. The molecule has 11 heteroatoms. The largest absolute Gasteiger partial charge is 0.507 e. The highest BCUT2D eigenvalue weighted by molar-refractivity contribution is 7.99. The third-order valence-electron chi connectivity index (χ3n) is 8.96. The van der Waals surface area contributed by atoms with Gasteiger partial charge in [-0.05, 0) is 38.6 Å². The third kappa shape index (κ3) is 3.70. The van der Waals surface area contributed by atoms with Crippen LogP contribution >= 0.6 is 11.8 Å². The van der Waals surface area contributed by atoms with Crippen LogP contribution in [-0.4, -0.2) is 92.1 Å². The molecule has 1 amide bonds. The highest BCUT2D eigenvalue weighted by atomic mass is 32.2. The Morgan fingerprint density at radius 1 is 1.13 bits per heavy atom. The van der Waals surface area contributed by atoms with E-state index in [0.29, 0.717) is 16.6 Å². The summed E-state index contributed by atoms with van der Waals surface area (Å²) in [5.41, 5.74) is 2.79. The van der Waals surface area contributed by atoms with Crippen LogP contribution in [0.25, 0.3) is 0 Å². The van der Waals surface area contributed by atoms with Gasteiger partial charge in [0.2, 0.25) is 5.91 Å². The Bertz CT molecular complexity index is 1230. The van der Waals surface area contributed by atoms with Crippen molar-refractivity contribution in [2.24, 2.45) is 29.4 Å². The number of hydrogen-bond donors (Lipinski definition) is 4. The van der Waals surface area contributed by atoms with E-state index in [2.05, 4.69) is 0 Å². The summed E-state index contributed by atoms with van der Waals surface area (Å²) < 4.78 is 0. The maximum absolute atomic E-state index is 14.1. The molecule has 0 aliphatic heterocycles. The van der Waals surface area contributed by atoms with E-state index >= 15 is 0 Å². The molecule has 38 heavy (non-hydrogen) atoms. The molecular weight excluding hydrogens is 512 g/mol. The molecule has 3 fully saturated rings. The molecule has 1 aromatic carbocycles. The van der Waals surface area contributed by atoms with Crippen molar-refractivity contribution < 1.29 is 39.3 Å². The van der Waals surface area contributed by atoms with E-state index in [0.717, 1.165) is 25.7 Å². The minimum Gasteiger partial charge on any atom is -0.507 e. The van der Waals surface area contributed by atoms with E-state index in [-0.39, 0.29) is 11.3 Å². The van der Waals surface area contributed by atoms with Gasteiger partial charge in [-0.1, -0.05) is 25.0 Å². The Labute approximate surface area is 223 Å². The number of Topliss-reactive ketones (excluding diaryl/α,β-unsaturated/α-hetero) is 4. The molecular formula is C27H32N2O8S. The van der Waals surface area contributed by atoms with Gasteiger partial charge in [0.1, 0.15) is 5.75 Å². The number of nitrogens with two attached hydrogens (primary N) is 1. The first kappa shape index (κ1) is 27.0. The second-order valence-corrected chi connectivity index (χ2v) is 12.5. The van der Waals surface area contributed by atoms with E-state index in [1.807, 2.05) is 0 Å². The van der Waals surface area contributed by atoms with E-state index in [1.54, 1.807) is 23.9 Å². The Kier molecular flexibility index (Phi) is 6.78. The Morgan fingerprint density at radius 3 is 2.39 bits per heavy atom. The molecule has 204 valence electrons. The Morgan fingerprint density at radius 2 is 1.79 bits per heavy atom. The second kappa shape index (κ2) is 9.55. The van der Waals surface area contributed by atoms with Gasteiger partial charge in [0.25, 0.3) is 0 Å². The van der Waals surface area contributed by atoms with Crippen molar-refractivity contribution in [1.29, 1.82) is 0 Å². The number of rotatable bonds is 5. The summed E-state index contributed by atoms with van der Waals surface area (Å²) in [6.45, 7) is 0. The molecule has 0 bridgehead atoms. The van der Waals surface area contributed by atoms with Gasteiger partial charge in [-0.15, -0.1) is 0 Å². The molecule has 0 spiro atoms. The summed E-state index contributed by atoms with van der Waals surface area (Å²) in [5.74, 6) is -12.4. The molecule has 3 saturated carbocycles. The van der Waals surface area contributed by atoms with Gasteiger partial charge in [0.15, 0.2) is 34.7 Å². The van der Waals surface area contributed by atoms with Crippen LogP contribution in [0.3, 0.4) is 0 Å². The minimum atomic E-state index is -2.98. The van der Waals surface area contributed by atoms with Crippen LogP contribution < -0.4 is 5.73 Å². The molecule has 1 aromatic rings. The number of ketones is 4. The van der Waals surface area contributed by atoms with E-state index in [1.165, 1.54) is 25.1 Å². The summed E-state index contributed by atoms with van der Waals surface area (Å²) in [7, 11) is 2.96. The normalized spacial score (nSPS) is 37.2. The lowest BCUT2D eigenvalue weighted by Gasteiger charge is -2.56. The van der Waals surface area contributed by atoms with Gasteiger partial charge >= 0.3 is 0 Å². The zero-order valence-electron chi connectivity index (χ0n) is 21.2. The van der Waals surface area contributed by atoms with Crippen LogP contribution in [0, 0.1) is 23.7 Å². The first-order chi connectivity index (χ1) is 17.9. The van der Waals surface area contributed by atoms with Gasteiger partial charge in [-0.25, -0.2) is 0 Å². The SMILES string of the molecule is CN(C)[C@@H]1C(=O)C(C(N)=O)C(=O)[C@@]2(O)C(=O)C3C(=O)c4c(O)cccc4C(CSC4CCCC4)[C@H]3[C@H](O)[C@@H]12. The van der Waals surface area contributed by atoms with Crippen LogP contribution in [0.2, 0.25) is 0 Å². The van der Waals surface area contributed by atoms with Crippen LogP contribution in [0.4, 0.5) is 0 Å². The molecule has 0 radical (unpaired) electrons. The summed E-state index contributed by atoms with van der Waals surface area (Å²) in [4.78, 5) is 68.1. The molecule has 3 unspecified atom stereocenters. The average molecular weight is 545 g/mol. The number of nitrogens with zero attached hydrogens (tertiary/aromatic N) is 1.